The number of benzene rings is 2. The normalized spacial score (nSPS) is 10.5. The Bertz CT molecular complexity index is 868. The number of thioether (sulfide) groups is 1. The lowest BCUT2D eigenvalue weighted by Crippen LogP contribution is -2.14. The molecule has 0 fully saturated rings. The number of nitrogens with zero attached hydrogens (tertiary/aromatic N) is 2. The summed E-state index contributed by atoms with van der Waals surface area (Å²) in [5.41, 5.74) is 1.44. The lowest BCUT2D eigenvalue weighted by atomic mass is 10.2. The van der Waals surface area contributed by atoms with Crippen molar-refractivity contribution in [3.05, 3.63) is 53.0 Å². The average molecular weight is 420 g/mol. The molecule has 0 atom stereocenters. The molecule has 3 rings (SSSR count). The van der Waals surface area contributed by atoms with Crippen LogP contribution in [0.25, 0.3) is 11.5 Å². The Kier molecular flexibility index (Phi) is 5.72. The summed E-state index contributed by atoms with van der Waals surface area (Å²) < 4.78 is 11.8. The Morgan fingerprint density at radius 2 is 1.96 bits per heavy atom. The van der Waals surface area contributed by atoms with Crippen LogP contribution in [-0.2, 0) is 4.79 Å². The molecular formula is C17H14BrN3O3S. The van der Waals surface area contributed by atoms with E-state index < -0.39 is 0 Å². The molecule has 0 saturated carbocycles. The maximum Gasteiger partial charge on any atom is 0.277 e. The number of amides is 1. The number of anilines is 1. The Balaban J connectivity index is 1.58. The van der Waals surface area contributed by atoms with Gasteiger partial charge >= 0.3 is 0 Å². The second-order valence-corrected chi connectivity index (χ2v) is 6.76. The van der Waals surface area contributed by atoms with E-state index in [1.165, 1.54) is 11.8 Å². The van der Waals surface area contributed by atoms with Crippen LogP contribution in [0, 0.1) is 0 Å². The zero-order valence-electron chi connectivity index (χ0n) is 13.2. The van der Waals surface area contributed by atoms with Crippen molar-refractivity contribution >= 4 is 39.3 Å². The quantitative estimate of drug-likeness (QED) is 0.602. The van der Waals surface area contributed by atoms with Crippen molar-refractivity contribution in [3.8, 4) is 17.2 Å². The summed E-state index contributed by atoms with van der Waals surface area (Å²) in [6, 6.07) is 14.8. The Morgan fingerprint density at radius 3 is 2.72 bits per heavy atom. The van der Waals surface area contributed by atoms with Crippen molar-refractivity contribution in [2.45, 2.75) is 5.22 Å². The number of carbonyl (C=O) groups excluding carboxylic acids is 1. The Hall–Kier alpha value is -2.32. The molecule has 0 aliphatic rings. The van der Waals surface area contributed by atoms with Crippen LogP contribution < -0.4 is 10.1 Å². The number of carbonyl (C=O) groups is 1. The van der Waals surface area contributed by atoms with Crippen molar-refractivity contribution in [1.29, 1.82) is 0 Å². The third-order valence-electron chi connectivity index (χ3n) is 3.21. The fourth-order valence-electron chi connectivity index (χ4n) is 2.04. The molecule has 1 heterocycles. The molecule has 0 aliphatic carbocycles. The molecule has 6 nitrogen and oxygen atoms in total. The van der Waals surface area contributed by atoms with E-state index in [2.05, 4.69) is 31.4 Å². The van der Waals surface area contributed by atoms with Gasteiger partial charge in [0.15, 0.2) is 0 Å². The van der Waals surface area contributed by atoms with Crippen LogP contribution in [0.4, 0.5) is 5.69 Å². The first-order valence-corrected chi connectivity index (χ1v) is 9.08. The van der Waals surface area contributed by atoms with Crippen LogP contribution in [0.5, 0.6) is 5.75 Å². The standard InChI is InChI=1S/C17H14BrN3O3S/c1-23-14-5-3-2-4-13(14)19-15(22)10-25-17-21-20-16(24-17)11-6-8-12(18)9-7-11/h2-9H,10H2,1H3,(H,19,22). The summed E-state index contributed by atoms with van der Waals surface area (Å²) in [6.07, 6.45) is 0. The minimum absolute atomic E-state index is 0.153. The van der Waals surface area contributed by atoms with Gasteiger partial charge in [-0.15, -0.1) is 10.2 Å². The van der Waals surface area contributed by atoms with Gasteiger partial charge in [0.1, 0.15) is 5.75 Å². The molecule has 3 aromatic rings. The van der Waals surface area contributed by atoms with E-state index in [9.17, 15) is 4.79 Å². The fraction of sp³-hybridized carbons (Fsp3) is 0.118. The minimum Gasteiger partial charge on any atom is -0.495 e. The number of methoxy groups -OCH3 is 1. The second-order valence-electron chi connectivity index (χ2n) is 4.92. The average Bonchev–Trinajstić information content (AvgIpc) is 3.10. The number of nitrogens with one attached hydrogen (secondary N) is 1. The molecule has 128 valence electrons. The molecule has 8 heteroatoms. The minimum atomic E-state index is -0.183. The first-order valence-electron chi connectivity index (χ1n) is 7.31. The highest BCUT2D eigenvalue weighted by molar-refractivity contribution is 9.10. The van der Waals surface area contributed by atoms with Gasteiger partial charge in [0, 0.05) is 10.0 Å². The summed E-state index contributed by atoms with van der Waals surface area (Å²) in [5.74, 6) is 0.995. The van der Waals surface area contributed by atoms with Gasteiger partial charge in [-0.2, -0.15) is 0 Å². The van der Waals surface area contributed by atoms with E-state index in [0.717, 1.165) is 10.0 Å². The van der Waals surface area contributed by atoms with E-state index in [4.69, 9.17) is 9.15 Å². The predicted molar refractivity (Wildman–Crippen MR) is 99.8 cm³/mol. The highest BCUT2D eigenvalue weighted by atomic mass is 79.9. The van der Waals surface area contributed by atoms with Crippen LogP contribution in [0.2, 0.25) is 0 Å². The van der Waals surface area contributed by atoms with Crippen LogP contribution in [0.15, 0.2) is 62.6 Å². The zero-order valence-corrected chi connectivity index (χ0v) is 15.6. The molecule has 0 radical (unpaired) electrons. The number of para-hydroxylation sites is 2. The molecule has 1 N–H and O–H groups in total. The monoisotopic (exact) mass is 419 g/mol. The van der Waals surface area contributed by atoms with Crippen molar-refractivity contribution in [2.24, 2.45) is 0 Å². The third kappa shape index (κ3) is 4.61. The Labute approximate surface area is 157 Å². The van der Waals surface area contributed by atoms with E-state index in [1.54, 1.807) is 19.2 Å². The van der Waals surface area contributed by atoms with Gasteiger partial charge in [0.2, 0.25) is 11.8 Å². The third-order valence-corrected chi connectivity index (χ3v) is 4.55. The van der Waals surface area contributed by atoms with Crippen LogP contribution in [-0.4, -0.2) is 29.0 Å². The molecule has 1 amide bonds. The second kappa shape index (κ2) is 8.17. The van der Waals surface area contributed by atoms with E-state index in [1.807, 2.05) is 36.4 Å². The number of ether oxygens (including phenoxy) is 1. The van der Waals surface area contributed by atoms with Gasteiger partial charge in [-0.05, 0) is 36.4 Å². The van der Waals surface area contributed by atoms with Crippen molar-refractivity contribution in [1.82, 2.24) is 10.2 Å². The van der Waals surface area contributed by atoms with Gasteiger partial charge in [-0.25, -0.2) is 0 Å². The molecule has 0 spiro atoms. The van der Waals surface area contributed by atoms with Crippen LogP contribution >= 0.6 is 27.7 Å². The smallest absolute Gasteiger partial charge is 0.277 e. The van der Waals surface area contributed by atoms with Gasteiger partial charge in [0.05, 0.1) is 18.6 Å². The van der Waals surface area contributed by atoms with Gasteiger partial charge in [-0.3, -0.25) is 4.79 Å². The largest absolute Gasteiger partial charge is 0.495 e. The number of hydrogen-bond acceptors (Lipinski definition) is 6. The lowest BCUT2D eigenvalue weighted by Gasteiger charge is -2.08. The number of rotatable bonds is 6. The molecule has 1 aromatic heterocycles. The van der Waals surface area contributed by atoms with Crippen molar-refractivity contribution in [2.75, 3.05) is 18.2 Å². The summed E-state index contributed by atoms with van der Waals surface area (Å²) in [6.45, 7) is 0. The first kappa shape index (κ1) is 17.5. The molecular weight excluding hydrogens is 406 g/mol. The van der Waals surface area contributed by atoms with Crippen LogP contribution in [0.3, 0.4) is 0 Å². The number of hydrogen-bond donors (Lipinski definition) is 1. The first-order chi connectivity index (χ1) is 12.2. The SMILES string of the molecule is COc1ccccc1NC(=O)CSc1nnc(-c2ccc(Br)cc2)o1. The molecule has 0 bridgehead atoms. The van der Waals surface area contributed by atoms with Gasteiger partial charge in [-0.1, -0.05) is 39.8 Å². The summed E-state index contributed by atoms with van der Waals surface area (Å²) >= 11 is 4.55. The number of aromatic nitrogens is 2. The fourth-order valence-corrected chi connectivity index (χ4v) is 2.87. The van der Waals surface area contributed by atoms with Gasteiger partial charge in [0.25, 0.3) is 5.22 Å². The molecule has 2 aromatic carbocycles. The maximum atomic E-state index is 12.1. The van der Waals surface area contributed by atoms with Gasteiger partial charge < -0.3 is 14.5 Å². The lowest BCUT2D eigenvalue weighted by molar-refractivity contribution is -0.113. The number of halogens is 1. The summed E-state index contributed by atoms with van der Waals surface area (Å²) in [7, 11) is 1.56. The Morgan fingerprint density at radius 1 is 1.20 bits per heavy atom. The topological polar surface area (TPSA) is 77.2 Å². The molecule has 0 unspecified atom stereocenters. The highest BCUT2D eigenvalue weighted by Gasteiger charge is 2.12. The highest BCUT2D eigenvalue weighted by Crippen LogP contribution is 2.26. The summed E-state index contributed by atoms with van der Waals surface area (Å²) in [4.78, 5) is 12.1. The van der Waals surface area contributed by atoms with Crippen molar-refractivity contribution in [3.63, 3.8) is 0 Å². The molecule has 0 saturated heterocycles. The van der Waals surface area contributed by atoms with E-state index >= 15 is 0 Å². The predicted octanol–water partition coefficient (Wildman–Crippen LogP) is 4.24. The zero-order chi connectivity index (χ0) is 17.6. The van der Waals surface area contributed by atoms with Crippen LogP contribution in [0.1, 0.15) is 0 Å². The van der Waals surface area contributed by atoms with E-state index in [-0.39, 0.29) is 11.7 Å². The van der Waals surface area contributed by atoms with E-state index in [0.29, 0.717) is 22.6 Å². The summed E-state index contributed by atoms with van der Waals surface area (Å²) in [5, 5.41) is 11.1. The van der Waals surface area contributed by atoms with Crippen molar-refractivity contribution < 1.29 is 13.9 Å². The molecule has 25 heavy (non-hydrogen) atoms. The maximum absolute atomic E-state index is 12.1. The molecule has 0 aliphatic heterocycles.